The zero-order chi connectivity index (χ0) is 11.4. The predicted molar refractivity (Wildman–Crippen MR) is 50.2 cm³/mol. The van der Waals surface area contributed by atoms with E-state index in [9.17, 15) is 14.3 Å². The second-order valence-electron chi connectivity index (χ2n) is 2.98. The van der Waals surface area contributed by atoms with Crippen molar-refractivity contribution in [2.75, 3.05) is 7.11 Å². The number of carboxylic acid groups (broad SMARTS) is 1. The van der Waals surface area contributed by atoms with Crippen LogP contribution in [0.1, 0.15) is 18.1 Å². The van der Waals surface area contributed by atoms with Crippen molar-refractivity contribution >= 4 is 5.97 Å². The van der Waals surface area contributed by atoms with Crippen LogP contribution in [0, 0.1) is 5.82 Å². The first-order chi connectivity index (χ1) is 7.06. The van der Waals surface area contributed by atoms with Crippen LogP contribution in [0.25, 0.3) is 0 Å². The number of para-hydroxylation sites is 1. The third-order valence-electron chi connectivity index (χ3n) is 1.93. The molecule has 0 heterocycles. The molecule has 1 aromatic rings. The molecular weight excluding hydrogens is 203 g/mol. The summed E-state index contributed by atoms with van der Waals surface area (Å²) in [5.74, 6) is -1.90. The van der Waals surface area contributed by atoms with Gasteiger partial charge in [-0.15, -0.1) is 0 Å². The molecule has 15 heavy (non-hydrogen) atoms. The average Bonchev–Trinajstić information content (AvgIpc) is 2.16. The maximum atomic E-state index is 13.2. The van der Waals surface area contributed by atoms with Crippen LogP contribution in [0.15, 0.2) is 18.2 Å². The molecule has 1 rings (SSSR count). The average molecular weight is 214 g/mol. The molecule has 0 saturated carbocycles. The maximum absolute atomic E-state index is 13.2. The molecule has 1 aromatic carbocycles. The van der Waals surface area contributed by atoms with Gasteiger partial charge in [0.05, 0.1) is 19.6 Å². The van der Waals surface area contributed by atoms with E-state index in [2.05, 4.69) is 0 Å². The Morgan fingerprint density at radius 2 is 2.27 bits per heavy atom. The third-order valence-corrected chi connectivity index (χ3v) is 1.93. The largest absolute Gasteiger partial charge is 0.493 e. The van der Waals surface area contributed by atoms with Crippen molar-refractivity contribution in [2.24, 2.45) is 0 Å². The third kappa shape index (κ3) is 2.66. The summed E-state index contributed by atoms with van der Waals surface area (Å²) in [4.78, 5) is 10.4. The van der Waals surface area contributed by atoms with Crippen LogP contribution < -0.4 is 4.74 Å². The predicted octanol–water partition coefficient (Wildman–Crippen LogP) is 1.34. The van der Waals surface area contributed by atoms with E-state index in [-0.39, 0.29) is 11.3 Å². The Hall–Kier alpha value is -1.62. The van der Waals surface area contributed by atoms with Gasteiger partial charge >= 0.3 is 5.97 Å². The molecule has 0 aromatic heterocycles. The first-order valence-electron chi connectivity index (χ1n) is 4.28. The van der Waals surface area contributed by atoms with E-state index in [0.717, 1.165) is 0 Å². The van der Waals surface area contributed by atoms with Crippen LogP contribution in [0.2, 0.25) is 0 Å². The van der Waals surface area contributed by atoms with Crippen molar-refractivity contribution in [3.63, 3.8) is 0 Å². The lowest BCUT2D eigenvalue weighted by atomic mass is 10.1. The monoisotopic (exact) mass is 214 g/mol. The van der Waals surface area contributed by atoms with Gasteiger partial charge in [-0.3, -0.25) is 4.79 Å². The summed E-state index contributed by atoms with van der Waals surface area (Å²) < 4.78 is 17.9. The van der Waals surface area contributed by atoms with Crippen molar-refractivity contribution in [2.45, 2.75) is 12.5 Å². The highest BCUT2D eigenvalue weighted by Gasteiger charge is 2.18. The number of aliphatic carboxylic acids is 1. The first-order valence-corrected chi connectivity index (χ1v) is 4.28. The van der Waals surface area contributed by atoms with Gasteiger partial charge in [0.2, 0.25) is 0 Å². The fourth-order valence-corrected chi connectivity index (χ4v) is 1.28. The van der Waals surface area contributed by atoms with Gasteiger partial charge in [-0.05, 0) is 6.07 Å². The normalized spacial score (nSPS) is 12.2. The smallest absolute Gasteiger partial charge is 0.306 e. The van der Waals surface area contributed by atoms with E-state index in [0.29, 0.717) is 0 Å². The van der Waals surface area contributed by atoms with Gasteiger partial charge in [-0.1, -0.05) is 12.1 Å². The number of aliphatic hydroxyl groups excluding tert-OH is 1. The Morgan fingerprint density at radius 3 is 2.80 bits per heavy atom. The molecule has 1 atom stereocenters. The minimum Gasteiger partial charge on any atom is -0.493 e. The highest BCUT2D eigenvalue weighted by molar-refractivity contribution is 5.68. The Morgan fingerprint density at radius 1 is 1.60 bits per heavy atom. The van der Waals surface area contributed by atoms with Crippen molar-refractivity contribution < 1.29 is 24.1 Å². The molecular formula is C10H11FO4. The van der Waals surface area contributed by atoms with E-state index in [1.54, 1.807) is 0 Å². The molecule has 0 amide bonds. The summed E-state index contributed by atoms with van der Waals surface area (Å²) in [7, 11) is 1.26. The number of benzene rings is 1. The van der Waals surface area contributed by atoms with E-state index in [1.807, 2.05) is 0 Å². The van der Waals surface area contributed by atoms with E-state index >= 15 is 0 Å². The van der Waals surface area contributed by atoms with Gasteiger partial charge in [0.1, 0.15) is 0 Å². The zero-order valence-corrected chi connectivity index (χ0v) is 8.11. The fraction of sp³-hybridized carbons (Fsp3) is 0.300. The summed E-state index contributed by atoms with van der Waals surface area (Å²) in [5, 5.41) is 18.0. The highest BCUT2D eigenvalue weighted by atomic mass is 19.1. The molecule has 4 nitrogen and oxygen atoms in total. The molecule has 0 aliphatic heterocycles. The summed E-state index contributed by atoms with van der Waals surface area (Å²) in [6, 6.07) is 3.99. The number of carboxylic acids is 1. The van der Waals surface area contributed by atoms with Gasteiger partial charge in [-0.25, -0.2) is 4.39 Å². The minimum absolute atomic E-state index is 0.119. The highest BCUT2D eigenvalue weighted by Crippen LogP contribution is 2.29. The number of ether oxygens (including phenoxy) is 1. The van der Waals surface area contributed by atoms with Gasteiger partial charge in [0.25, 0.3) is 0 Å². The Labute approximate surface area is 85.9 Å². The quantitative estimate of drug-likeness (QED) is 0.793. The molecule has 0 unspecified atom stereocenters. The number of methoxy groups -OCH3 is 1. The van der Waals surface area contributed by atoms with E-state index in [4.69, 9.17) is 9.84 Å². The van der Waals surface area contributed by atoms with Crippen LogP contribution in [0.3, 0.4) is 0 Å². The Balaban J connectivity index is 3.02. The summed E-state index contributed by atoms with van der Waals surface area (Å²) in [6.45, 7) is 0. The zero-order valence-electron chi connectivity index (χ0n) is 8.11. The molecule has 2 N–H and O–H groups in total. The number of carbonyl (C=O) groups is 1. The molecule has 0 fully saturated rings. The second-order valence-corrected chi connectivity index (χ2v) is 2.98. The molecule has 0 bridgehead atoms. The molecule has 0 saturated heterocycles. The molecule has 0 aliphatic carbocycles. The van der Waals surface area contributed by atoms with Gasteiger partial charge in [0.15, 0.2) is 11.6 Å². The molecule has 0 spiro atoms. The molecule has 5 heteroatoms. The topological polar surface area (TPSA) is 66.8 Å². The first kappa shape index (κ1) is 11.5. The lowest BCUT2D eigenvalue weighted by Gasteiger charge is -2.13. The van der Waals surface area contributed by atoms with Crippen LogP contribution in [-0.2, 0) is 4.79 Å². The SMILES string of the molecule is COc1c(F)cccc1[C@H](O)CC(=O)O. The van der Waals surface area contributed by atoms with Crippen molar-refractivity contribution in [1.82, 2.24) is 0 Å². The fourth-order valence-electron chi connectivity index (χ4n) is 1.28. The minimum atomic E-state index is -1.27. The van der Waals surface area contributed by atoms with Crippen molar-refractivity contribution in [3.05, 3.63) is 29.6 Å². The summed E-state index contributed by atoms with van der Waals surface area (Å²) in [6.07, 6.45) is -1.76. The second kappa shape index (κ2) is 4.75. The Kier molecular flexibility index (Phi) is 3.62. The molecule has 0 radical (unpaired) electrons. The van der Waals surface area contributed by atoms with E-state index < -0.39 is 24.3 Å². The number of hydrogen-bond acceptors (Lipinski definition) is 3. The van der Waals surface area contributed by atoms with Gasteiger partial charge in [0, 0.05) is 5.56 Å². The molecule has 82 valence electrons. The van der Waals surface area contributed by atoms with Gasteiger partial charge in [-0.2, -0.15) is 0 Å². The maximum Gasteiger partial charge on any atom is 0.306 e. The summed E-state index contributed by atoms with van der Waals surface area (Å²) in [5.41, 5.74) is 0.139. The van der Waals surface area contributed by atoms with Crippen LogP contribution in [-0.4, -0.2) is 23.3 Å². The van der Waals surface area contributed by atoms with Crippen molar-refractivity contribution in [3.8, 4) is 5.75 Å². The van der Waals surface area contributed by atoms with Crippen molar-refractivity contribution in [1.29, 1.82) is 0 Å². The van der Waals surface area contributed by atoms with Gasteiger partial charge < -0.3 is 14.9 Å². The van der Waals surface area contributed by atoms with Crippen LogP contribution in [0.4, 0.5) is 4.39 Å². The standard InChI is InChI=1S/C10H11FO4/c1-15-10-6(3-2-4-7(10)11)8(12)5-9(13)14/h2-4,8,12H,5H2,1H3,(H,13,14)/t8-/m1/s1. The molecule has 0 aliphatic rings. The number of halogens is 1. The summed E-state index contributed by atoms with van der Waals surface area (Å²) >= 11 is 0. The van der Waals surface area contributed by atoms with Crippen LogP contribution >= 0.6 is 0 Å². The lowest BCUT2D eigenvalue weighted by molar-refractivity contribution is -0.139. The Bertz CT molecular complexity index is 364. The number of hydrogen-bond donors (Lipinski definition) is 2. The number of aliphatic hydroxyl groups is 1. The van der Waals surface area contributed by atoms with E-state index in [1.165, 1.54) is 25.3 Å². The van der Waals surface area contributed by atoms with Crippen LogP contribution in [0.5, 0.6) is 5.75 Å². The lowest BCUT2D eigenvalue weighted by Crippen LogP contribution is -2.07. The number of rotatable bonds is 4.